The highest BCUT2D eigenvalue weighted by atomic mass is 16.4. The van der Waals surface area contributed by atoms with E-state index in [-0.39, 0.29) is 5.91 Å². The molecule has 0 fully saturated rings. The topological polar surface area (TPSA) is 52.9 Å². The Kier molecular flexibility index (Phi) is 5.79. The molecule has 19 heavy (non-hydrogen) atoms. The molecule has 0 saturated heterocycles. The third kappa shape index (κ3) is 3.68. The lowest BCUT2D eigenvalue weighted by Gasteiger charge is -2.20. The number of nitrogens with zero attached hydrogens (tertiary/aromatic N) is 2. The lowest BCUT2D eigenvalue weighted by atomic mass is 10.0. The molecule has 0 aromatic heterocycles. The van der Waals surface area contributed by atoms with E-state index in [2.05, 4.69) is 5.16 Å². The van der Waals surface area contributed by atoms with Crippen molar-refractivity contribution in [1.29, 1.82) is 0 Å². The van der Waals surface area contributed by atoms with Gasteiger partial charge in [0, 0.05) is 24.2 Å². The highest BCUT2D eigenvalue weighted by molar-refractivity contribution is 6.18. The summed E-state index contributed by atoms with van der Waals surface area (Å²) in [6.07, 6.45) is 1.31. The second-order valence-corrected chi connectivity index (χ2v) is 4.13. The summed E-state index contributed by atoms with van der Waals surface area (Å²) in [5.41, 5.74) is 2.08. The van der Waals surface area contributed by atoms with Crippen LogP contribution in [0.3, 0.4) is 0 Å². The van der Waals surface area contributed by atoms with Gasteiger partial charge < -0.3 is 10.1 Å². The first-order chi connectivity index (χ1) is 9.15. The van der Waals surface area contributed by atoms with Crippen molar-refractivity contribution < 1.29 is 10.0 Å². The van der Waals surface area contributed by atoms with E-state index in [1.54, 1.807) is 11.8 Å². The van der Waals surface area contributed by atoms with Crippen LogP contribution in [0.25, 0.3) is 5.57 Å². The zero-order valence-electron chi connectivity index (χ0n) is 11.6. The molecule has 0 heterocycles. The van der Waals surface area contributed by atoms with Crippen molar-refractivity contribution in [1.82, 2.24) is 4.90 Å². The van der Waals surface area contributed by atoms with Crippen LogP contribution in [0.15, 0.2) is 41.1 Å². The smallest absolute Gasteiger partial charge is 0.250 e. The Balaban J connectivity index is 3.23. The third-order valence-electron chi connectivity index (χ3n) is 3.05. The van der Waals surface area contributed by atoms with Gasteiger partial charge in [-0.3, -0.25) is 4.79 Å². The van der Waals surface area contributed by atoms with Crippen LogP contribution in [0.1, 0.15) is 26.3 Å². The average molecular weight is 260 g/mol. The molecule has 1 aromatic rings. The first-order valence-corrected chi connectivity index (χ1v) is 6.38. The van der Waals surface area contributed by atoms with E-state index in [9.17, 15) is 4.79 Å². The molecule has 1 amide bonds. The molecule has 1 aromatic carbocycles. The highest BCUT2D eigenvalue weighted by Crippen LogP contribution is 2.18. The number of hydrogen-bond donors (Lipinski definition) is 1. The van der Waals surface area contributed by atoms with Gasteiger partial charge in [0.25, 0.3) is 0 Å². The number of hydrogen-bond acceptors (Lipinski definition) is 3. The van der Waals surface area contributed by atoms with Gasteiger partial charge in [-0.1, -0.05) is 35.5 Å². The number of allylic oxidation sites excluding steroid dienone is 1. The normalized spacial score (nSPS) is 12.4. The molecule has 4 heteroatoms. The molecule has 1 N–H and O–H groups in total. The number of likely N-dealkylation sites (N-methyl/N-ethyl adjacent to an activating group) is 1. The number of rotatable bonds is 5. The quantitative estimate of drug-likeness (QED) is 0.383. The standard InChI is InChI=1S/C15H20N2O2/c1-4-17(5-2)15(18)12(3)14(11-16-19)13-9-7-6-8-10-13/h6-11,19H,4-5H2,1-3H3/b14-12-,16-11-. The predicted octanol–water partition coefficient (Wildman–Crippen LogP) is 2.79. The number of amides is 1. The second-order valence-electron chi connectivity index (χ2n) is 4.13. The van der Waals surface area contributed by atoms with Gasteiger partial charge in [0.15, 0.2) is 0 Å². The van der Waals surface area contributed by atoms with Crippen LogP contribution in [-0.4, -0.2) is 35.3 Å². The maximum Gasteiger partial charge on any atom is 0.250 e. The molecule has 0 unspecified atom stereocenters. The molecule has 0 saturated carbocycles. The van der Waals surface area contributed by atoms with Crippen LogP contribution in [-0.2, 0) is 4.79 Å². The van der Waals surface area contributed by atoms with Crippen molar-refractivity contribution in [2.75, 3.05) is 13.1 Å². The Morgan fingerprint density at radius 2 is 1.84 bits per heavy atom. The summed E-state index contributed by atoms with van der Waals surface area (Å²) in [6, 6.07) is 9.44. The van der Waals surface area contributed by atoms with E-state index in [4.69, 9.17) is 5.21 Å². The van der Waals surface area contributed by atoms with E-state index >= 15 is 0 Å². The number of benzene rings is 1. The van der Waals surface area contributed by atoms with Crippen molar-refractivity contribution in [3.63, 3.8) is 0 Å². The Labute approximate surface area is 114 Å². The first-order valence-electron chi connectivity index (χ1n) is 6.38. The molecule has 1 rings (SSSR count). The van der Waals surface area contributed by atoms with Gasteiger partial charge in [-0.05, 0) is 26.3 Å². The van der Waals surface area contributed by atoms with Crippen molar-refractivity contribution in [3.05, 3.63) is 41.5 Å². The fourth-order valence-corrected chi connectivity index (χ4v) is 1.93. The molecule has 102 valence electrons. The molecule has 0 aliphatic rings. The van der Waals surface area contributed by atoms with Gasteiger partial charge in [0.05, 0.1) is 6.21 Å². The second kappa shape index (κ2) is 7.36. The Bertz CT molecular complexity index is 474. The largest absolute Gasteiger partial charge is 0.411 e. The molecule has 0 aliphatic carbocycles. The maximum atomic E-state index is 12.3. The molecule has 0 bridgehead atoms. The average Bonchev–Trinajstić information content (AvgIpc) is 2.46. The summed E-state index contributed by atoms with van der Waals surface area (Å²) in [5, 5.41) is 11.9. The summed E-state index contributed by atoms with van der Waals surface area (Å²) >= 11 is 0. The van der Waals surface area contributed by atoms with E-state index in [1.165, 1.54) is 6.21 Å². The van der Waals surface area contributed by atoms with Gasteiger partial charge in [-0.25, -0.2) is 0 Å². The van der Waals surface area contributed by atoms with Crippen molar-refractivity contribution in [3.8, 4) is 0 Å². The zero-order chi connectivity index (χ0) is 14.3. The van der Waals surface area contributed by atoms with E-state index in [1.807, 2.05) is 44.2 Å². The summed E-state index contributed by atoms with van der Waals surface area (Å²) in [4.78, 5) is 14.1. The van der Waals surface area contributed by atoms with E-state index in [0.717, 1.165) is 5.56 Å². The van der Waals surface area contributed by atoms with Gasteiger partial charge in [-0.15, -0.1) is 0 Å². The summed E-state index contributed by atoms with van der Waals surface area (Å²) in [5.74, 6) is -0.0382. The molecule has 4 nitrogen and oxygen atoms in total. The number of carbonyl (C=O) groups excluding carboxylic acids is 1. The van der Waals surface area contributed by atoms with Gasteiger partial charge in [-0.2, -0.15) is 0 Å². The minimum absolute atomic E-state index is 0.0382. The Hall–Kier alpha value is -2.10. The van der Waals surface area contributed by atoms with E-state index in [0.29, 0.717) is 24.2 Å². The summed E-state index contributed by atoms with van der Waals surface area (Å²) < 4.78 is 0. The molecule has 0 radical (unpaired) electrons. The molecule has 0 spiro atoms. The van der Waals surface area contributed by atoms with Gasteiger partial charge in [0.2, 0.25) is 5.91 Å². The van der Waals surface area contributed by atoms with Crippen LogP contribution in [0, 0.1) is 0 Å². The lowest BCUT2D eigenvalue weighted by Crippen LogP contribution is -2.31. The van der Waals surface area contributed by atoms with Crippen LogP contribution >= 0.6 is 0 Å². The highest BCUT2D eigenvalue weighted by Gasteiger charge is 2.16. The SMILES string of the molecule is CCN(CC)C(=O)/C(C)=C(/C=N\O)c1ccccc1. The first kappa shape index (κ1) is 15.0. The fourth-order valence-electron chi connectivity index (χ4n) is 1.93. The predicted molar refractivity (Wildman–Crippen MR) is 77.2 cm³/mol. The Morgan fingerprint density at radius 3 is 2.32 bits per heavy atom. The number of carbonyl (C=O) groups is 1. The molecule has 0 aliphatic heterocycles. The third-order valence-corrected chi connectivity index (χ3v) is 3.05. The molecular weight excluding hydrogens is 240 g/mol. The van der Waals surface area contributed by atoms with Crippen molar-refractivity contribution in [2.45, 2.75) is 20.8 Å². The summed E-state index contributed by atoms with van der Waals surface area (Å²) in [7, 11) is 0. The minimum Gasteiger partial charge on any atom is -0.411 e. The lowest BCUT2D eigenvalue weighted by molar-refractivity contribution is -0.126. The van der Waals surface area contributed by atoms with Crippen LogP contribution in [0.4, 0.5) is 0 Å². The fraction of sp³-hybridized carbons (Fsp3) is 0.333. The Morgan fingerprint density at radius 1 is 1.26 bits per heavy atom. The van der Waals surface area contributed by atoms with E-state index < -0.39 is 0 Å². The van der Waals surface area contributed by atoms with Crippen LogP contribution < -0.4 is 0 Å². The van der Waals surface area contributed by atoms with Crippen LogP contribution in [0.2, 0.25) is 0 Å². The van der Waals surface area contributed by atoms with Crippen molar-refractivity contribution in [2.24, 2.45) is 5.16 Å². The van der Waals surface area contributed by atoms with Crippen LogP contribution in [0.5, 0.6) is 0 Å². The van der Waals surface area contributed by atoms with Gasteiger partial charge in [0.1, 0.15) is 0 Å². The minimum atomic E-state index is -0.0382. The van der Waals surface area contributed by atoms with Crippen molar-refractivity contribution >= 4 is 17.7 Å². The maximum absolute atomic E-state index is 12.3. The summed E-state index contributed by atoms with van der Waals surface area (Å²) in [6.45, 7) is 6.95. The molecular formula is C15H20N2O2. The monoisotopic (exact) mass is 260 g/mol. The number of oxime groups is 1. The molecule has 0 atom stereocenters. The zero-order valence-corrected chi connectivity index (χ0v) is 11.6. The van der Waals surface area contributed by atoms with Gasteiger partial charge >= 0.3 is 0 Å².